The van der Waals surface area contributed by atoms with Gasteiger partial charge in [0.1, 0.15) is 5.75 Å². The average Bonchev–Trinajstić information content (AvgIpc) is 2.47. The van der Waals surface area contributed by atoms with Gasteiger partial charge in [-0.2, -0.15) is 8.78 Å². The Morgan fingerprint density at radius 2 is 1.76 bits per heavy atom. The molecule has 0 amide bonds. The van der Waals surface area contributed by atoms with E-state index < -0.39 is 6.61 Å². The van der Waals surface area contributed by atoms with Crippen molar-refractivity contribution >= 4 is 17.3 Å². The third kappa shape index (κ3) is 4.33. The molecule has 1 N–H and O–H groups in total. The summed E-state index contributed by atoms with van der Waals surface area (Å²) in [7, 11) is 0. The largest absolute Gasteiger partial charge is 0.433 e. The molecule has 21 heavy (non-hydrogen) atoms. The summed E-state index contributed by atoms with van der Waals surface area (Å²) >= 11 is 5.88. The molecule has 2 nitrogen and oxygen atoms in total. The molecule has 0 aliphatic rings. The number of alkyl halides is 2. The lowest BCUT2D eigenvalue weighted by molar-refractivity contribution is -0.0493. The highest BCUT2D eigenvalue weighted by Crippen LogP contribution is 2.31. The van der Waals surface area contributed by atoms with E-state index >= 15 is 0 Å². The number of hydrogen-bond donors (Lipinski definition) is 1. The van der Waals surface area contributed by atoms with Crippen LogP contribution in [0.25, 0.3) is 0 Å². The fraction of sp³-hybridized carbons (Fsp3) is 0.250. The molecule has 0 spiro atoms. The Balaban J connectivity index is 2.20. The van der Waals surface area contributed by atoms with Crippen LogP contribution in [0.2, 0.25) is 5.02 Å². The van der Waals surface area contributed by atoms with Crippen LogP contribution < -0.4 is 10.1 Å². The number of rotatable bonds is 6. The normalized spacial score (nSPS) is 12.2. The van der Waals surface area contributed by atoms with Crippen molar-refractivity contribution in [3.05, 3.63) is 59.1 Å². The monoisotopic (exact) mass is 311 g/mol. The SMILES string of the molecule is CCC(Nc1ccccc1OC(F)F)c1ccc(Cl)cc1. The first-order valence-corrected chi connectivity index (χ1v) is 7.03. The maximum Gasteiger partial charge on any atom is 0.387 e. The molecular formula is C16H16ClF2NO. The van der Waals surface area contributed by atoms with E-state index in [9.17, 15) is 8.78 Å². The van der Waals surface area contributed by atoms with Crippen molar-refractivity contribution in [3.63, 3.8) is 0 Å². The van der Waals surface area contributed by atoms with Crippen LogP contribution in [0.4, 0.5) is 14.5 Å². The molecule has 5 heteroatoms. The molecule has 0 saturated carbocycles. The molecule has 2 rings (SSSR count). The van der Waals surface area contributed by atoms with E-state index in [1.165, 1.54) is 6.07 Å². The molecule has 112 valence electrons. The molecule has 1 atom stereocenters. The maximum absolute atomic E-state index is 12.4. The molecule has 0 aromatic heterocycles. The van der Waals surface area contributed by atoms with Gasteiger partial charge in [-0.3, -0.25) is 0 Å². The Hall–Kier alpha value is -1.81. The third-order valence-corrected chi connectivity index (χ3v) is 3.37. The van der Waals surface area contributed by atoms with E-state index in [-0.39, 0.29) is 11.8 Å². The molecule has 0 aliphatic heterocycles. The van der Waals surface area contributed by atoms with Crippen molar-refractivity contribution < 1.29 is 13.5 Å². The zero-order valence-corrected chi connectivity index (χ0v) is 12.3. The van der Waals surface area contributed by atoms with Crippen molar-refractivity contribution in [2.24, 2.45) is 0 Å². The number of halogens is 3. The molecule has 0 saturated heterocycles. The van der Waals surface area contributed by atoms with Gasteiger partial charge in [0.25, 0.3) is 0 Å². The molecule has 1 unspecified atom stereocenters. The quantitative estimate of drug-likeness (QED) is 0.760. The van der Waals surface area contributed by atoms with Gasteiger partial charge in [0, 0.05) is 5.02 Å². The van der Waals surface area contributed by atoms with E-state index in [0.717, 1.165) is 12.0 Å². The van der Waals surface area contributed by atoms with Crippen molar-refractivity contribution in [2.75, 3.05) is 5.32 Å². The van der Waals surface area contributed by atoms with Crippen LogP contribution in [-0.4, -0.2) is 6.61 Å². The minimum Gasteiger partial charge on any atom is -0.433 e. The zero-order valence-electron chi connectivity index (χ0n) is 11.5. The lowest BCUT2D eigenvalue weighted by Gasteiger charge is -2.21. The summed E-state index contributed by atoms with van der Waals surface area (Å²) < 4.78 is 29.4. The van der Waals surface area contributed by atoms with Gasteiger partial charge < -0.3 is 10.1 Å². The summed E-state index contributed by atoms with van der Waals surface area (Å²) in [6, 6.07) is 14.1. The summed E-state index contributed by atoms with van der Waals surface area (Å²) in [6.45, 7) is -0.827. The fourth-order valence-corrected chi connectivity index (χ4v) is 2.21. The average molecular weight is 312 g/mol. The van der Waals surface area contributed by atoms with Crippen LogP contribution >= 0.6 is 11.6 Å². The van der Waals surface area contributed by atoms with Crippen LogP contribution in [0.3, 0.4) is 0 Å². The number of benzene rings is 2. The second-order valence-corrected chi connectivity index (χ2v) is 4.97. The van der Waals surface area contributed by atoms with Crippen LogP contribution in [0, 0.1) is 0 Å². The van der Waals surface area contributed by atoms with Gasteiger partial charge in [0.05, 0.1) is 11.7 Å². The summed E-state index contributed by atoms with van der Waals surface area (Å²) in [4.78, 5) is 0. The second kappa shape index (κ2) is 7.27. The van der Waals surface area contributed by atoms with E-state index in [4.69, 9.17) is 11.6 Å². The lowest BCUT2D eigenvalue weighted by Crippen LogP contribution is -2.12. The highest BCUT2D eigenvalue weighted by Gasteiger charge is 2.14. The van der Waals surface area contributed by atoms with Gasteiger partial charge in [0.2, 0.25) is 0 Å². The van der Waals surface area contributed by atoms with Gasteiger partial charge in [-0.1, -0.05) is 42.8 Å². The summed E-state index contributed by atoms with van der Waals surface area (Å²) in [5.41, 5.74) is 1.58. The standard InChI is InChI=1S/C16H16ClF2NO/c1-2-13(11-7-9-12(17)10-8-11)20-14-5-3-4-6-15(14)21-16(18)19/h3-10,13,16,20H,2H2,1H3. The van der Waals surface area contributed by atoms with Gasteiger partial charge in [-0.25, -0.2) is 0 Å². The highest BCUT2D eigenvalue weighted by molar-refractivity contribution is 6.30. The molecule has 2 aromatic rings. The molecule has 0 fully saturated rings. The van der Waals surface area contributed by atoms with Crippen LogP contribution in [0.1, 0.15) is 24.9 Å². The van der Waals surface area contributed by atoms with E-state index in [0.29, 0.717) is 10.7 Å². The van der Waals surface area contributed by atoms with Crippen molar-refractivity contribution in [1.29, 1.82) is 0 Å². The maximum atomic E-state index is 12.4. The minimum atomic E-state index is -2.84. The zero-order chi connectivity index (χ0) is 15.2. The molecule has 0 radical (unpaired) electrons. The van der Waals surface area contributed by atoms with E-state index in [1.54, 1.807) is 18.2 Å². The third-order valence-electron chi connectivity index (χ3n) is 3.11. The molecule has 2 aromatic carbocycles. The number of anilines is 1. The lowest BCUT2D eigenvalue weighted by atomic mass is 10.0. The van der Waals surface area contributed by atoms with Crippen LogP contribution in [0.15, 0.2) is 48.5 Å². The highest BCUT2D eigenvalue weighted by atomic mass is 35.5. The first kappa shape index (κ1) is 15.6. The van der Waals surface area contributed by atoms with Gasteiger partial charge in [-0.15, -0.1) is 0 Å². The van der Waals surface area contributed by atoms with E-state index in [1.807, 2.05) is 31.2 Å². The van der Waals surface area contributed by atoms with Crippen LogP contribution in [0.5, 0.6) is 5.75 Å². The topological polar surface area (TPSA) is 21.3 Å². The molecule has 0 aliphatic carbocycles. The van der Waals surface area contributed by atoms with Gasteiger partial charge in [-0.05, 0) is 36.2 Å². The summed E-state index contributed by atoms with van der Waals surface area (Å²) in [5, 5.41) is 3.90. The number of hydrogen-bond acceptors (Lipinski definition) is 2. The van der Waals surface area contributed by atoms with Crippen LogP contribution in [-0.2, 0) is 0 Å². The van der Waals surface area contributed by atoms with Crippen molar-refractivity contribution in [1.82, 2.24) is 0 Å². The summed E-state index contributed by atoms with van der Waals surface area (Å²) in [5.74, 6) is 0.139. The Morgan fingerprint density at radius 1 is 1.10 bits per heavy atom. The Kier molecular flexibility index (Phi) is 5.39. The minimum absolute atomic E-state index is 0.00955. The number of ether oxygens (including phenoxy) is 1. The van der Waals surface area contributed by atoms with Gasteiger partial charge >= 0.3 is 6.61 Å². The van der Waals surface area contributed by atoms with Gasteiger partial charge in [0.15, 0.2) is 0 Å². The first-order valence-electron chi connectivity index (χ1n) is 6.66. The molecule has 0 bridgehead atoms. The number of para-hydroxylation sites is 2. The molecule has 0 heterocycles. The van der Waals surface area contributed by atoms with Crippen molar-refractivity contribution in [2.45, 2.75) is 26.0 Å². The smallest absolute Gasteiger partial charge is 0.387 e. The Morgan fingerprint density at radius 3 is 2.38 bits per heavy atom. The second-order valence-electron chi connectivity index (χ2n) is 4.53. The Labute approximate surface area is 127 Å². The first-order chi connectivity index (χ1) is 10.1. The number of nitrogens with one attached hydrogen (secondary N) is 1. The summed E-state index contributed by atoms with van der Waals surface area (Å²) in [6.07, 6.45) is 0.796. The Bertz CT molecular complexity index is 575. The van der Waals surface area contributed by atoms with E-state index in [2.05, 4.69) is 10.1 Å². The fourth-order valence-electron chi connectivity index (χ4n) is 2.09. The van der Waals surface area contributed by atoms with Crippen molar-refractivity contribution in [3.8, 4) is 5.75 Å². The predicted octanol–water partition coefficient (Wildman–Crippen LogP) is 5.50. The molecular weight excluding hydrogens is 296 g/mol. The predicted molar refractivity (Wildman–Crippen MR) is 81.2 cm³/mol.